The molecule has 0 spiro atoms. The molecule has 174 valence electrons. The third-order valence-corrected chi connectivity index (χ3v) is 5.49. The van der Waals surface area contributed by atoms with Gasteiger partial charge in [-0.1, -0.05) is 6.42 Å². The van der Waals surface area contributed by atoms with Crippen LogP contribution in [-0.2, 0) is 33.4 Å². The van der Waals surface area contributed by atoms with Crippen LogP contribution in [0.2, 0.25) is 0 Å². The van der Waals surface area contributed by atoms with Gasteiger partial charge in [-0.05, 0) is 37.9 Å². The standard InChI is InChI=1S/C20H31N3O7S/c1-28-11-12-29-17(25)8-7-16(24)22-20(31)23-10-9-21-19(27)15(23)13-18(26)30-14-5-3-2-4-6-14/h14-15H,2-13H2,1H3,(H,21,27)(H,22,24,31). The summed E-state index contributed by atoms with van der Waals surface area (Å²) >= 11 is 5.29. The van der Waals surface area contributed by atoms with E-state index < -0.39 is 23.9 Å². The molecule has 2 aliphatic rings. The first kappa shape index (κ1) is 25.0. The van der Waals surface area contributed by atoms with Gasteiger partial charge in [0, 0.05) is 26.6 Å². The predicted octanol–water partition coefficient (Wildman–Crippen LogP) is 0.424. The molecule has 11 heteroatoms. The number of rotatable bonds is 9. The Morgan fingerprint density at radius 3 is 2.58 bits per heavy atom. The number of esters is 2. The molecule has 1 heterocycles. The molecule has 1 saturated carbocycles. The van der Waals surface area contributed by atoms with Crippen LogP contribution < -0.4 is 10.6 Å². The SMILES string of the molecule is COCCOC(=O)CCC(=O)NC(=S)N1CCNC(=O)C1CC(=O)OC1CCCCC1. The highest BCUT2D eigenvalue weighted by atomic mass is 32.1. The highest BCUT2D eigenvalue weighted by Crippen LogP contribution is 2.21. The molecule has 0 bridgehead atoms. The Morgan fingerprint density at radius 1 is 1.13 bits per heavy atom. The summed E-state index contributed by atoms with van der Waals surface area (Å²) < 4.78 is 15.2. The number of carbonyl (C=O) groups is 4. The molecule has 1 aliphatic carbocycles. The fourth-order valence-corrected chi connectivity index (χ4v) is 3.85. The number of thiocarbonyl (C=S) groups is 1. The van der Waals surface area contributed by atoms with Gasteiger partial charge in [0.2, 0.25) is 11.8 Å². The van der Waals surface area contributed by atoms with E-state index in [9.17, 15) is 19.2 Å². The predicted molar refractivity (Wildman–Crippen MR) is 114 cm³/mol. The van der Waals surface area contributed by atoms with Crippen LogP contribution in [0.5, 0.6) is 0 Å². The maximum absolute atomic E-state index is 12.4. The van der Waals surface area contributed by atoms with Crippen LogP contribution >= 0.6 is 12.2 Å². The minimum atomic E-state index is -0.850. The van der Waals surface area contributed by atoms with Crippen molar-refractivity contribution in [1.82, 2.24) is 15.5 Å². The van der Waals surface area contributed by atoms with Crippen LogP contribution in [-0.4, -0.2) is 79.3 Å². The van der Waals surface area contributed by atoms with E-state index in [-0.39, 0.29) is 49.6 Å². The Kier molecular flexibility index (Phi) is 10.6. The van der Waals surface area contributed by atoms with Crippen LogP contribution in [0.4, 0.5) is 0 Å². The molecule has 2 rings (SSSR count). The average molecular weight is 458 g/mol. The molecule has 1 atom stereocenters. The van der Waals surface area contributed by atoms with Crippen molar-refractivity contribution in [2.45, 2.75) is 63.5 Å². The highest BCUT2D eigenvalue weighted by Gasteiger charge is 2.34. The van der Waals surface area contributed by atoms with Crippen LogP contribution in [0, 0.1) is 0 Å². The molecule has 0 radical (unpaired) electrons. The number of hydrogen-bond donors (Lipinski definition) is 2. The Bertz CT molecular complexity index is 667. The summed E-state index contributed by atoms with van der Waals surface area (Å²) in [6, 6.07) is -0.850. The lowest BCUT2D eigenvalue weighted by atomic mass is 9.98. The fourth-order valence-electron chi connectivity index (χ4n) is 3.52. The zero-order valence-corrected chi connectivity index (χ0v) is 18.7. The van der Waals surface area contributed by atoms with Crippen molar-refractivity contribution in [3.63, 3.8) is 0 Å². The van der Waals surface area contributed by atoms with E-state index in [0.29, 0.717) is 13.1 Å². The minimum absolute atomic E-state index is 0.0445. The zero-order chi connectivity index (χ0) is 22.6. The van der Waals surface area contributed by atoms with Crippen molar-refractivity contribution in [3.8, 4) is 0 Å². The molecule has 1 saturated heterocycles. The van der Waals surface area contributed by atoms with E-state index in [1.807, 2.05) is 0 Å². The maximum atomic E-state index is 12.4. The second kappa shape index (κ2) is 13.2. The number of methoxy groups -OCH3 is 1. The number of nitrogens with zero attached hydrogens (tertiary/aromatic N) is 1. The minimum Gasteiger partial charge on any atom is -0.463 e. The van der Waals surface area contributed by atoms with E-state index in [4.69, 9.17) is 26.4 Å². The van der Waals surface area contributed by atoms with Gasteiger partial charge >= 0.3 is 11.9 Å². The summed E-state index contributed by atoms with van der Waals surface area (Å²) in [5.74, 6) is -1.78. The van der Waals surface area contributed by atoms with Gasteiger partial charge in [0.15, 0.2) is 5.11 Å². The molecule has 2 amide bonds. The quantitative estimate of drug-likeness (QED) is 0.288. The summed E-state index contributed by atoms with van der Waals surface area (Å²) in [7, 11) is 1.49. The van der Waals surface area contributed by atoms with Gasteiger partial charge in [-0.2, -0.15) is 0 Å². The average Bonchev–Trinajstić information content (AvgIpc) is 2.74. The number of nitrogens with one attached hydrogen (secondary N) is 2. The lowest BCUT2D eigenvalue weighted by molar-refractivity contribution is -0.153. The van der Waals surface area contributed by atoms with E-state index >= 15 is 0 Å². The Morgan fingerprint density at radius 2 is 1.87 bits per heavy atom. The highest BCUT2D eigenvalue weighted by molar-refractivity contribution is 7.80. The topological polar surface area (TPSA) is 123 Å². The molecule has 2 fully saturated rings. The first-order valence-electron chi connectivity index (χ1n) is 10.6. The molecule has 0 aromatic heterocycles. The molecule has 0 aromatic rings. The van der Waals surface area contributed by atoms with Gasteiger partial charge in [0.25, 0.3) is 0 Å². The van der Waals surface area contributed by atoms with Gasteiger partial charge in [-0.3, -0.25) is 19.2 Å². The second-order valence-electron chi connectivity index (χ2n) is 7.52. The second-order valence-corrected chi connectivity index (χ2v) is 7.91. The van der Waals surface area contributed by atoms with E-state index in [0.717, 1.165) is 32.1 Å². The number of carbonyl (C=O) groups excluding carboxylic acids is 4. The first-order valence-corrected chi connectivity index (χ1v) is 11.0. The van der Waals surface area contributed by atoms with Crippen molar-refractivity contribution in [3.05, 3.63) is 0 Å². The molecule has 1 unspecified atom stereocenters. The normalized spacial score (nSPS) is 19.3. The summed E-state index contributed by atoms with van der Waals surface area (Å²) in [6.45, 7) is 1.10. The van der Waals surface area contributed by atoms with Gasteiger partial charge < -0.3 is 29.7 Å². The molecule has 0 aromatic carbocycles. The Hall–Kier alpha value is -2.27. The summed E-state index contributed by atoms with van der Waals surface area (Å²) in [5.41, 5.74) is 0. The molecule has 1 aliphatic heterocycles. The monoisotopic (exact) mass is 457 g/mol. The van der Waals surface area contributed by atoms with Gasteiger partial charge in [-0.15, -0.1) is 0 Å². The third-order valence-electron chi connectivity index (χ3n) is 5.16. The van der Waals surface area contributed by atoms with Crippen molar-refractivity contribution in [2.75, 3.05) is 33.4 Å². The Labute approximate surface area is 187 Å². The van der Waals surface area contributed by atoms with E-state index in [1.165, 1.54) is 12.0 Å². The van der Waals surface area contributed by atoms with Gasteiger partial charge in [0.1, 0.15) is 18.8 Å². The Balaban J connectivity index is 1.82. The lowest BCUT2D eigenvalue weighted by Gasteiger charge is -2.36. The smallest absolute Gasteiger partial charge is 0.308 e. The van der Waals surface area contributed by atoms with Crippen molar-refractivity contribution >= 4 is 41.1 Å². The van der Waals surface area contributed by atoms with Crippen molar-refractivity contribution in [2.24, 2.45) is 0 Å². The number of hydrogen-bond acceptors (Lipinski definition) is 8. The van der Waals surface area contributed by atoms with Crippen LogP contribution in [0.25, 0.3) is 0 Å². The summed E-state index contributed by atoms with van der Waals surface area (Å²) in [4.78, 5) is 50.0. The lowest BCUT2D eigenvalue weighted by Crippen LogP contribution is -2.60. The molecular formula is C20H31N3O7S. The molecule has 10 nitrogen and oxygen atoms in total. The van der Waals surface area contributed by atoms with E-state index in [1.54, 1.807) is 0 Å². The van der Waals surface area contributed by atoms with Gasteiger partial charge in [-0.25, -0.2) is 0 Å². The largest absolute Gasteiger partial charge is 0.463 e. The van der Waals surface area contributed by atoms with Crippen molar-refractivity contribution < 1.29 is 33.4 Å². The van der Waals surface area contributed by atoms with E-state index in [2.05, 4.69) is 10.6 Å². The van der Waals surface area contributed by atoms with Gasteiger partial charge in [0.05, 0.1) is 19.4 Å². The molecular weight excluding hydrogens is 426 g/mol. The molecule has 31 heavy (non-hydrogen) atoms. The number of piperazine rings is 1. The van der Waals surface area contributed by atoms with Crippen molar-refractivity contribution in [1.29, 1.82) is 0 Å². The van der Waals surface area contributed by atoms with Crippen LogP contribution in [0.15, 0.2) is 0 Å². The third kappa shape index (κ3) is 8.78. The zero-order valence-electron chi connectivity index (χ0n) is 17.9. The first-order chi connectivity index (χ1) is 14.9. The van der Waals surface area contributed by atoms with Crippen LogP contribution in [0.3, 0.4) is 0 Å². The number of amides is 2. The van der Waals surface area contributed by atoms with Crippen LogP contribution in [0.1, 0.15) is 51.4 Å². The molecule has 2 N–H and O–H groups in total. The number of ether oxygens (including phenoxy) is 3. The maximum Gasteiger partial charge on any atom is 0.308 e. The summed E-state index contributed by atoms with van der Waals surface area (Å²) in [5, 5.41) is 5.29. The summed E-state index contributed by atoms with van der Waals surface area (Å²) in [6.07, 6.45) is 4.43. The fraction of sp³-hybridized carbons (Fsp3) is 0.750.